The highest BCUT2D eigenvalue weighted by Gasteiger charge is 2.24. The molecule has 0 bridgehead atoms. The summed E-state index contributed by atoms with van der Waals surface area (Å²) in [7, 11) is 6.68. The van der Waals surface area contributed by atoms with Crippen LogP contribution >= 0.6 is 0 Å². The number of methoxy groups -OCH3 is 3. The van der Waals surface area contributed by atoms with Crippen molar-refractivity contribution in [2.24, 2.45) is 0 Å². The lowest BCUT2D eigenvalue weighted by Gasteiger charge is -2.32. The van der Waals surface area contributed by atoms with Crippen molar-refractivity contribution in [3.05, 3.63) is 45.8 Å². The van der Waals surface area contributed by atoms with E-state index in [1.54, 1.807) is 45.4 Å². The summed E-state index contributed by atoms with van der Waals surface area (Å²) in [5.74, 6) is 1.81. The molecule has 1 N–H and O–H groups in total. The fraction of sp³-hybridized carbons (Fsp3) is 0.400. The first kappa shape index (κ1) is 22.9. The van der Waals surface area contributed by atoms with Crippen molar-refractivity contribution in [1.29, 1.82) is 0 Å². The second-order valence-corrected chi connectivity index (χ2v) is 8.29. The fourth-order valence-electron chi connectivity index (χ4n) is 4.33. The summed E-state index contributed by atoms with van der Waals surface area (Å²) in [5, 5.41) is 11.3. The summed E-state index contributed by atoms with van der Waals surface area (Å²) in [6, 6.07) is 6.86. The van der Waals surface area contributed by atoms with E-state index < -0.39 is 0 Å². The number of fused-ring (bicyclic) bond motifs is 1. The van der Waals surface area contributed by atoms with E-state index in [-0.39, 0.29) is 16.9 Å². The zero-order chi connectivity index (χ0) is 23.7. The number of hydrogen-bond acceptors (Lipinski definition) is 8. The monoisotopic (exact) mass is 454 g/mol. The fourth-order valence-corrected chi connectivity index (χ4v) is 4.33. The molecule has 1 aromatic heterocycles. The van der Waals surface area contributed by atoms with Gasteiger partial charge in [0.1, 0.15) is 11.3 Å². The predicted molar refractivity (Wildman–Crippen MR) is 127 cm³/mol. The van der Waals surface area contributed by atoms with Crippen LogP contribution in [0.25, 0.3) is 22.1 Å². The van der Waals surface area contributed by atoms with Crippen LogP contribution in [-0.2, 0) is 6.54 Å². The van der Waals surface area contributed by atoms with Crippen LogP contribution in [0.5, 0.6) is 23.0 Å². The lowest BCUT2D eigenvalue weighted by atomic mass is 10.00. The summed E-state index contributed by atoms with van der Waals surface area (Å²) < 4.78 is 22.3. The molecule has 0 amide bonds. The van der Waals surface area contributed by atoms with Gasteiger partial charge in [0.05, 0.1) is 37.8 Å². The maximum Gasteiger partial charge on any atom is 0.200 e. The maximum atomic E-state index is 13.7. The number of likely N-dealkylation sites (N-methyl/N-ethyl adjacent to an activating group) is 1. The summed E-state index contributed by atoms with van der Waals surface area (Å²) >= 11 is 0. The van der Waals surface area contributed by atoms with Gasteiger partial charge >= 0.3 is 0 Å². The molecule has 1 saturated heterocycles. The predicted octanol–water partition coefficient (Wildman–Crippen LogP) is 3.25. The van der Waals surface area contributed by atoms with Crippen LogP contribution in [0, 0.1) is 6.92 Å². The molecule has 0 saturated carbocycles. The minimum Gasteiger partial charge on any atom is -0.504 e. The van der Waals surface area contributed by atoms with E-state index in [4.69, 9.17) is 18.6 Å². The number of nitrogens with zero attached hydrogens (tertiary/aromatic N) is 2. The number of hydrogen-bond donors (Lipinski definition) is 1. The van der Waals surface area contributed by atoms with E-state index in [1.165, 1.54) is 7.11 Å². The van der Waals surface area contributed by atoms with Crippen LogP contribution in [0.2, 0.25) is 0 Å². The molecule has 8 heteroatoms. The molecule has 2 heterocycles. The second-order valence-electron chi connectivity index (χ2n) is 8.29. The zero-order valence-corrected chi connectivity index (χ0v) is 19.7. The summed E-state index contributed by atoms with van der Waals surface area (Å²) in [6.07, 6.45) is 0. The van der Waals surface area contributed by atoms with Crippen LogP contribution in [0.3, 0.4) is 0 Å². The Morgan fingerprint density at radius 2 is 1.64 bits per heavy atom. The minimum absolute atomic E-state index is 0.00495. The van der Waals surface area contributed by atoms with Crippen molar-refractivity contribution in [1.82, 2.24) is 9.80 Å². The Bertz CT molecular complexity index is 1230. The molecule has 1 aliphatic rings. The van der Waals surface area contributed by atoms with Gasteiger partial charge in [0, 0.05) is 32.7 Å². The highest BCUT2D eigenvalue weighted by atomic mass is 16.5. The number of rotatable bonds is 6. The number of phenolic OH excluding ortho intramolecular Hbond substituents is 1. The largest absolute Gasteiger partial charge is 0.504 e. The number of piperazine rings is 1. The summed E-state index contributed by atoms with van der Waals surface area (Å²) in [5.41, 5.74) is 1.85. The van der Waals surface area contributed by atoms with Crippen LogP contribution in [-0.4, -0.2) is 69.5 Å². The summed E-state index contributed by atoms with van der Waals surface area (Å²) in [6.45, 7) is 5.83. The number of benzene rings is 2. The summed E-state index contributed by atoms with van der Waals surface area (Å²) in [4.78, 5) is 18.2. The molecule has 3 aromatic rings. The van der Waals surface area contributed by atoms with E-state index >= 15 is 0 Å². The second kappa shape index (κ2) is 9.33. The molecule has 0 spiro atoms. The van der Waals surface area contributed by atoms with Crippen LogP contribution < -0.4 is 19.6 Å². The molecule has 0 atom stereocenters. The van der Waals surface area contributed by atoms with Crippen molar-refractivity contribution >= 4 is 11.0 Å². The molecule has 0 radical (unpaired) electrons. The van der Waals surface area contributed by atoms with Gasteiger partial charge in [0.25, 0.3) is 0 Å². The molecule has 1 aliphatic heterocycles. The normalized spacial score (nSPS) is 15.1. The number of phenols is 1. The minimum atomic E-state index is -0.195. The molecule has 4 rings (SSSR count). The Balaban J connectivity index is 1.88. The van der Waals surface area contributed by atoms with Crippen molar-refractivity contribution < 1.29 is 23.7 Å². The Hall–Kier alpha value is -3.23. The first-order chi connectivity index (χ1) is 15.9. The van der Waals surface area contributed by atoms with Gasteiger partial charge in [-0.2, -0.15) is 0 Å². The first-order valence-electron chi connectivity index (χ1n) is 10.9. The molecule has 176 valence electrons. The smallest absolute Gasteiger partial charge is 0.200 e. The molecule has 8 nitrogen and oxygen atoms in total. The average Bonchev–Trinajstić information content (AvgIpc) is 2.82. The van der Waals surface area contributed by atoms with Gasteiger partial charge < -0.3 is 28.6 Å². The van der Waals surface area contributed by atoms with Crippen LogP contribution in [0.1, 0.15) is 11.3 Å². The Labute approximate surface area is 192 Å². The van der Waals surface area contributed by atoms with Crippen LogP contribution in [0.4, 0.5) is 0 Å². The highest BCUT2D eigenvalue weighted by Crippen LogP contribution is 2.39. The topological polar surface area (TPSA) is 84.6 Å². The van der Waals surface area contributed by atoms with Gasteiger partial charge in [-0.25, -0.2) is 0 Å². The number of aromatic hydroxyl groups is 1. The lowest BCUT2D eigenvalue weighted by molar-refractivity contribution is 0.147. The van der Waals surface area contributed by atoms with Crippen molar-refractivity contribution in [3.8, 4) is 34.1 Å². The van der Waals surface area contributed by atoms with E-state index in [0.29, 0.717) is 51.5 Å². The third kappa shape index (κ3) is 4.24. The van der Waals surface area contributed by atoms with Gasteiger partial charge in [0.15, 0.2) is 23.0 Å². The Kier molecular flexibility index (Phi) is 6.49. The molecule has 2 aromatic carbocycles. The maximum absolute atomic E-state index is 13.7. The average molecular weight is 455 g/mol. The van der Waals surface area contributed by atoms with Gasteiger partial charge in [-0.05, 0) is 37.7 Å². The quantitative estimate of drug-likeness (QED) is 0.608. The van der Waals surface area contributed by atoms with Crippen LogP contribution in [0.15, 0.2) is 33.5 Å². The standard InChI is InChI=1S/C25H30N2O6/c1-15-22(16-6-7-19(30-3)20(12-16)31-4)24(29)17-13-21(32-5)23(28)18(25(17)33-15)14-27-10-8-26(2)9-11-27/h6-7,12-13,28H,8-11,14H2,1-5H3. The molecule has 0 aliphatic carbocycles. The van der Waals surface area contributed by atoms with Gasteiger partial charge in [-0.15, -0.1) is 0 Å². The highest BCUT2D eigenvalue weighted by molar-refractivity contribution is 5.89. The van der Waals surface area contributed by atoms with E-state index in [0.717, 1.165) is 26.2 Å². The van der Waals surface area contributed by atoms with E-state index in [9.17, 15) is 9.90 Å². The van der Waals surface area contributed by atoms with Gasteiger partial charge in [0.2, 0.25) is 5.43 Å². The van der Waals surface area contributed by atoms with Gasteiger partial charge in [-0.3, -0.25) is 9.69 Å². The van der Waals surface area contributed by atoms with E-state index in [1.807, 2.05) is 0 Å². The zero-order valence-electron chi connectivity index (χ0n) is 19.7. The van der Waals surface area contributed by atoms with Gasteiger partial charge in [-0.1, -0.05) is 6.07 Å². The first-order valence-corrected chi connectivity index (χ1v) is 10.9. The lowest BCUT2D eigenvalue weighted by Crippen LogP contribution is -2.43. The van der Waals surface area contributed by atoms with Crippen molar-refractivity contribution in [2.75, 3.05) is 54.6 Å². The third-order valence-corrected chi connectivity index (χ3v) is 6.26. The molecule has 1 fully saturated rings. The third-order valence-electron chi connectivity index (χ3n) is 6.26. The molecular weight excluding hydrogens is 424 g/mol. The van der Waals surface area contributed by atoms with Crippen molar-refractivity contribution in [2.45, 2.75) is 13.5 Å². The molecule has 33 heavy (non-hydrogen) atoms. The Morgan fingerprint density at radius 3 is 2.27 bits per heavy atom. The van der Waals surface area contributed by atoms with Crippen molar-refractivity contribution in [3.63, 3.8) is 0 Å². The molecule has 0 unspecified atom stereocenters. The number of ether oxygens (including phenoxy) is 3. The Morgan fingerprint density at radius 1 is 0.970 bits per heavy atom. The molecular formula is C25H30N2O6. The number of aryl methyl sites for hydroxylation is 1. The SMILES string of the molecule is COc1ccc(-c2c(C)oc3c(CN4CCN(C)CC4)c(O)c(OC)cc3c2=O)cc1OC. The van der Waals surface area contributed by atoms with E-state index in [2.05, 4.69) is 16.8 Å².